The molecule has 1 aromatic heterocycles. The fourth-order valence-electron chi connectivity index (χ4n) is 4.16. The first-order valence-electron chi connectivity index (χ1n) is 9.24. The van der Waals surface area contributed by atoms with E-state index in [9.17, 15) is 4.79 Å². The van der Waals surface area contributed by atoms with Gasteiger partial charge >= 0.3 is 0 Å². The zero-order chi connectivity index (χ0) is 18.5. The molecule has 0 saturated heterocycles. The molecule has 2 N–H and O–H groups in total. The second kappa shape index (κ2) is 5.97. The van der Waals surface area contributed by atoms with Gasteiger partial charge < -0.3 is 5.32 Å². The molecule has 0 fully saturated rings. The summed E-state index contributed by atoms with van der Waals surface area (Å²) in [7, 11) is 0. The average molecular weight is 347 g/mol. The molecule has 4 heteroatoms. The molecular weight excluding hydrogens is 322 g/mol. The molecule has 2 aromatic carbocycles. The summed E-state index contributed by atoms with van der Waals surface area (Å²) in [4.78, 5) is 12.3. The second-order valence-electron chi connectivity index (χ2n) is 8.21. The van der Waals surface area contributed by atoms with Crippen LogP contribution in [0, 0.1) is 0 Å². The van der Waals surface area contributed by atoms with Crippen molar-refractivity contribution in [2.45, 2.75) is 52.0 Å². The van der Waals surface area contributed by atoms with Gasteiger partial charge in [-0.05, 0) is 40.0 Å². The Balaban J connectivity index is 1.78. The second-order valence-corrected chi connectivity index (χ2v) is 8.21. The van der Waals surface area contributed by atoms with Gasteiger partial charge in [-0.15, -0.1) is 0 Å². The molecule has 2 heterocycles. The predicted octanol–water partition coefficient (Wildman–Crippen LogP) is 4.45. The molecule has 0 bridgehead atoms. The van der Waals surface area contributed by atoms with Crippen LogP contribution in [-0.4, -0.2) is 16.1 Å². The molecule has 0 radical (unpaired) electrons. The Morgan fingerprint density at radius 2 is 2.00 bits per heavy atom. The van der Waals surface area contributed by atoms with Crippen LogP contribution in [0.5, 0.6) is 0 Å². The quantitative estimate of drug-likeness (QED) is 0.732. The summed E-state index contributed by atoms with van der Waals surface area (Å²) in [5.74, 6) is 0.494. The summed E-state index contributed by atoms with van der Waals surface area (Å²) in [6, 6.07) is 10.6. The van der Waals surface area contributed by atoms with Crippen molar-refractivity contribution in [2.24, 2.45) is 0 Å². The summed E-state index contributed by atoms with van der Waals surface area (Å²) in [5, 5.41) is 11.6. The molecule has 4 nitrogen and oxygen atoms in total. The highest BCUT2D eigenvalue weighted by molar-refractivity contribution is 6.00. The molecule has 0 atom stereocenters. The van der Waals surface area contributed by atoms with E-state index in [-0.39, 0.29) is 11.3 Å². The number of H-pyrrole nitrogens is 1. The van der Waals surface area contributed by atoms with Crippen LogP contribution in [0.25, 0.3) is 10.9 Å². The van der Waals surface area contributed by atoms with Crippen molar-refractivity contribution < 1.29 is 4.79 Å². The van der Waals surface area contributed by atoms with Gasteiger partial charge in [0.25, 0.3) is 5.91 Å². The van der Waals surface area contributed by atoms with Crippen LogP contribution in [0.4, 0.5) is 0 Å². The molecule has 1 aliphatic heterocycles. The van der Waals surface area contributed by atoms with Gasteiger partial charge in [-0.1, -0.05) is 58.0 Å². The maximum Gasteiger partial charge on any atom is 0.252 e. The number of aromatic amines is 1. The molecule has 0 aliphatic carbocycles. The van der Waals surface area contributed by atoms with Gasteiger partial charge in [0.15, 0.2) is 0 Å². The van der Waals surface area contributed by atoms with Gasteiger partial charge in [0.05, 0.1) is 11.7 Å². The first-order valence-corrected chi connectivity index (χ1v) is 9.24. The first kappa shape index (κ1) is 16.8. The average Bonchev–Trinajstić information content (AvgIpc) is 3.22. The van der Waals surface area contributed by atoms with Crippen LogP contribution in [0.15, 0.2) is 36.5 Å². The smallest absolute Gasteiger partial charge is 0.252 e. The Bertz CT molecular complexity index is 998. The van der Waals surface area contributed by atoms with Crippen molar-refractivity contribution >= 4 is 16.8 Å². The summed E-state index contributed by atoms with van der Waals surface area (Å²) < 4.78 is 0. The lowest BCUT2D eigenvalue weighted by atomic mass is 9.75. The van der Waals surface area contributed by atoms with Crippen LogP contribution >= 0.6 is 0 Å². The minimum atomic E-state index is -0.156. The molecule has 26 heavy (non-hydrogen) atoms. The standard InChI is InChI=1S/C22H25N3O/c1-13(2)16-9-8-14(17-12-24-25-20(16)17)10-22(3,4)18-7-5-6-15-11-23-21(26)19(15)18/h5-9,12-13H,10-11H2,1-4H3,(H,23,26)(H,24,25). The van der Waals surface area contributed by atoms with E-state index in [1.165, 1.54) is 16.5 Å². The third-order valence-corrected chi connectivity index (χ3v) is 5.54. The topological polar surface area (TPSA) is 57.8 Å². The zero-order valence-electron chi connectivity index (χ0n) is 15.8. The Morgan fingerprint density at radius 1 is 1.19 bits per heavy atom. The Kier molecular flexibility index (Phi) is 3.87. The number of amides is 1. The number of carbonyl (C=O) groups is 1. The lowest BCUT2D eigenvalue weighted by Gasteiger charge is -2.28. The third kappa shape index (κ3) is 2.61. The van der Waals surface area contributed by atoms with Gasteiger partial charge in [-0.3, -0.25) is 9.89 Å². The van der Waals surface area contributed by atoms with E-state index >= 15 is 0 Å². The maximum atomic E-state index is 12.3. The van der Waals surface area contributed by atoms with Crippen LogP contribution in [0.2, 0.25) is 0 Å². The molecular formula is C22H25N3O. The largest absolute Gasteiger partial charge is 0.348 e. The van der Waals surface area contributed by atoms with Gasteiger partial charge in [0.1, 0.15) is 0 Å². The number of nitrogens with one attached hydrogen (secondary N) is 2. The Morgan fingerprint density at radius 3 is 2.77 bits per heavy atom. The van der Waals surface area contributed by atoms with E-state index in [0.29, 0.717) is 12.5 Å². The van der Waals surface area contributed by atoms with E-state index in [4.69, 9.17) is 0 Å². The number of rotatable bonds is 4. The lowest BCUT2D eigenvalue weighted by molar-refractivity contribution is 0.0963. The molecule has 3 aromatic rings. The predicted molar refractivity (Wildman–Crippen MR) is 105 cm³/mol. The number of hydrogen-bond acceptors (Lipinski definition) is 2. The molecule has 0 spiro atoms. The number of nitrogens with zero attached hydrogens (tertiary/aromatic N) is 1. The van der Waals surface area contributed by atoms with Crippen molar-refractivity contribution in [3.8, 4) is 0 Å². The number of hydrogen-bond donors (Lipinski definition) is 2. The number of aromatic nitrogens is 2. The fraction of sp³-hybridized carbons (Fsp3) is 0.364. The minimum absolute atomic E-state index is 0.0484. The van der Waals surface area contributed by atoms with Crippen molar-refractivity contribution in [1.29, 1.82) is 0 Å². The van der Waals surface area contributed by atoms with Crippen molar-refractivity contribution in [3.63, 3.8) is 0 Å². The molecule has 1 aliphatic rings. The monoisotopic (exact) mass is 347 g/mol. The van der Waals surface area contributed by atoms with Gasteiger partial charge in [-0.2, -0.15) is 5.10 Å². The van der Waals surface area contributed by atoms with Crippen LogP contribution in [0.1, 0.15) is 66.2 Å². The van der Waals surface area contributed by atoms with E-state index in [0.717, 1.165) is 28.6 Å². The van der Waals surface area contributed by atoms with Crippen molar-refractivity contribution in [1.82, 2.24) is 15.5 Å². The summed E-state index contributed by atoms with van der Waals surface area (Å²) >= 11 is 0. The van der Waals surface area contributed by atoms with E-state index in [2.05, 4.69) is 67.5 Å². The molecule has 1 amide bonds. The summed E-state index contributed by atoms with van der Waals surface area (Å²) in [6.07, 6.45) is 2.78. The molecule has 0 unspecified atom stereocenters. The van der Waals surface area contributed by atoms with E-state index < -0.39 is 0 Å². The maximum absolute atomic E-state index is 12.3. The van der Waals surface area contributed by atoms with E-state index in [1.807, 2.05) is 12.3 Å². The third-order valence-electron chi connectivity index (χ3n) is 5.54. The lowest BCUT2D eigenvalue weighted by Crippen LogP contribution is -2.25. The van der Waals surface area contributed by atoms with Crippen LogP contribution < -0.4 is 5.32 Å². The molecule has 4 rings (SSSR count). The fourth-order valence-corrected chi connectivity index (χ4v) is 4.16. The summed E-state index contributed by atoms with van der Waals surface area (Å²) in [6.45, 7) is 9.47. The highest BCUT2D eigenvalue weighted by atomic mass is 16.1. The number of carbonyl (C=O) groups excluding carboxylic acids is 1. The molecule has 134 valence electrons. The summed E-state index contributed by atoms with van der Waals surface area (Å²) in [5.41, 5.74) is 6.61. The highest BCUT2D eigenvalue weighted by Gasteiger charge is 2.31. The minimum Gasteiger partial charge on any atom is -0.348 e. The number of fused-ring (bicyclic) bond motifs is 2. The zero-order valence-corrected chi connectivity index (χ0v) is 15.8. The highest BCUT2D eigenvalue weighted by Crippen LogP contribution is 2.36. The van der Waals surface area contributed by atoms with Gasteiger partial charge in [0, 0.05) is 17.5 Å². The van der Waals surface area contributed by atoms with E-state index in [1.54, 1.807) is 0 Å². The van der Waals surface area contributed by atoms with Crippen molar-refractivity contribution in [2.75, 3.05) is 0 Å². The van der Waals surface area contributed by atoms with Crippen LogP contribution in [0.3, 0.4) is 0 Å². The Hall–Kier alpha value is -2.62. The normalized spacial score (nSPS) is 14.1. The molecule has 0 saturated carbocycles. The van der Waals surface area contributed by atoms with Crippen molar-refractivity contribution in [3.05, 3.63) is 64.3 Å². The van der Waals surface area contributed by atoms with Gasteiger partial charge in [-0.25, -0.2) is 0 Å². The SMILES string of the molecule is CC(C)c1ccc(CC(C)(C)c2cccc3c2C(=O)NC3)c2cn[nH]c12. The first-order chi connectivity index (χ1) is 12.4. The van der Waals surface area contributed by atoms with Gasteiger partial charge in [0.2, 0.25) is 0 Å². The number of benzene rings is 2. The Labute approximate surface area is 154 Å². The van der Waals surface area contributed by atoms with Crippen LogP contribution in [-0.2, 0) is 18.4 Å².